The van der Waals surface area contributed by atoms with Crippen LogP contribution in [0.25, 0.3) is 6.08 Å². The van der Waals surface area contributed by atoms with E-state index in [1.54, 1.807) is 36.4 Å². The maximum absolute atomic E-state index is 12.1. The van der Waals surface area contributed by atoms with Crippen molar-refractivity contribution in [2.24, 2.45) is 0 Å². The number of rotatable bonds is 5. The second kappa shape index (κ2) is 6.64. The number of ketones is 1. The van der Waals surface area contributed by atoms with Gasteiger partial charge in [0.25, 0.3) is 5.91 Å². The molecule has 0 fully saturated rings. The van der Waals surface area contributed by atoms with Crippen LogP contribution in [0.4, 0.5) is 5.69 Å². The van der Waals surface area contributed by atoms with Gasteiger partial charge in [-0.2, -0.15) is 0 Å². The van der Waals surface area contributed by atoms with Crippen molar-refractivity contribution in [3.63, 3.8) is 0 Å². The lowest BCUT2D eigenvalue weighted by atomic mass is 9.90. The Labute approximate surface area is 140 Å². The summed E-state index contributed by atoms with van der Waals surface area (Å²) >= 11 is 0. The van der Waals surface area contributed by atoms with Crippen molar-refractivity contribution < 1.29 is 14.7 Å². The van der Waals surface area contributed by atoms with E-state index < -0.39 is 11.5 Å². The van der Waals surface area contributed by atoms with E-state index in [1.165, 1.54) is 6.08 Å². The summed E-state index contributed by atoms with van der Waals surface area (Å²) in [4.78, 5) is 24.2. The third-order valence-electron chi connectivity index (χ3n) is 3.91. The zero-order valence-electron chi connectivity index (χ0n) is 13.0. The van der Waals surface area contributed by atoms with E-state index >= 15 is 0 Å². The molecular formula is C20H17NO3. The van der Waals surface area contributed by atoms with E-state index in [-0.39, 0.29) is 12.2 Å². The molecule has 1 aliphatic heterocycles. The van der Waals surface area contributed by atoms with E-state index in [0.29, 0.717) is 11.3 Å². The highest BCUT2D eigenvalue weighted by molar-refractivity contribution is 6.08. The average Bonchev–Trinajstić information content (AvgIpc) is 2.84. The van der Waals surface area contributed by atoms with Crippen molar-refractivity contribution >= 4 is 23.5 Å². The predicted octanol–water partition coefficient (Wildman–Crippen LogP) is 3.06. The Hall–Kier alpha value is -2.98. The van der Waals surface area contributed by atoms with Crippen LogP contribution in [0.2, 0.25) is 0 Å². The first-order valence-electron chi connectivity index (χ1n) is 7.65. The van der Waals surface area contributed by atoms with Crippen LogP contribution in [-0.4, -0.2) is 16.8 Å². The Kier molecular flexibility index (Phi) is 4.40. The van der Waals surface area contributed by atoms with E-state index in [0.717, 1.165) is 5.56 Å². The van der Waals surface area contributed by atoms with Crippen molar-refractivity contribution in [2.45, 2.75) is 12.0 Å². The molecule has 0 saturated carbocycles. The van der Waals surface area contributed by atoms with Crippen LogP contribution >= 0.6 is 0 Å². The van der Waals surface area contributed by atoms with Crippen LogP contribution in [0, 0.1) is 0 Å². The molecule has 4 nitrogen and oxygen atoms in total. The predicted molar refractivity (Wildman–Crippen MR) is 93.2 cm³/mol. The first-order valence-corrected chi connectivity index (χ1v) is 7.65. The fourth-order valence-corrected chi connectivity index (χ4v) is 2.68. The summed E-state index contributed by atoms with van der Waals surface area (Å²) in [5, 5.41) is 13.2. The summed E-state index contributed by atoms with van der Waals surface area (Å²) in [6.07, 6.45) is 6.31. The van der Waals surface area contributed by atoms with Gasteiger partial charge >= 0.3 is 0 Å². The highest BCUT2D eigenvalue weighted by atomic mass is 16.3. The van der Waals surface area contributed by atoms with Gasteiger partial charge in [-0.25, -0.2) is 0 Å². The van der Waals surface area contributed by atoms with Gasteiger partial charge in [0, 0.05) is 11.3 Å². The number of fused-ring (bicyclic) bond motifs is 1. The number of carbonyl (C=O) groups excluding carboxylic acids is 2. The lowest BCUT2D eigenvalue weighted by molar-refractivity contribution is -0.138. The maximum Gasteiger partial charge on any atom is 0.261 e. The first-order chi connectivity index (χ1) is 11.6. The van der Waals surface area contributed by atoms with Gasteiger partial charge in [-0.1, -0.05) is 66.8 Å². The maximum atomic E-state index is 12.1. The number of allylic oxidation sites excluding steroid dienone is 3. The fraction of sp³-hybridized carbons (Fsp3) is 0.100. The SMILES string of the molecule is O=C(/C=C/C=C/c1ccccc1)C[C@]1(O)C(=O)Nc2ccccc21. The van der Waals surface area contributed by atoms with Crippen molar-refractivity contribution in [3.8, 4) is 0 Å². The molecule has 0 radical (unpaired) electrons. The topological polar surface area (TPSA) is 66.4 Å². The second-order valence-corrected chi connectivity index (χ2v) is 5.63. The Balaban J connectivity index is 1.68. The molecule has 2 aromatic rings. The summed E-state index contributed by atoms with van der Waals surface area (Å²) in [7, 11) is 0. The molecule has 0 aliphatic carbocycles. The monoisotopic (exact) mass is 319 g/mol. The van der Waals surface area contributed by atoms with Crippen LogP contribution in [0.3, 0.4) is 0 Å². The fourth-order valence-electron chi connectivity index (χ4n) is 2.68. The smallest absolute Gasteiger partial charge is 0.261 e. The van der Waals surface area contributed by atoms with Crippen LogP contribution in [0.1, 0.15) is 17.5 Å². The van der Waals surface area contributed by atoms with Crippen molar-refractivity contribution in [2.75, 3.05) is 5.32 Å². The molecule has 0 unspecified atom stereocenters. The number of carbonyl (C=O) groups is 2. The lowest BCUT2D eigenvalue weighted by Gasteiger charge is -2.18. The van der Waals surface area contributed by atoms with E-state index in [4.69, 9.17) is 0 Å². The normalized spacial score (nSPS) is 19.6. The van der Waals surface area contributed by atoms with Gasteiger partial charge in [-0.3, -0.25) is 9.59 Å². The summed E-state index contributed by atoms with van der Waals surface area (Å²) in [5.41, 5.74) is 0.209. The number of benzene rings is 2. The molecule has 0 bridgehead atoms. The number of amides is 1. The van der Waals surface area contributed by atoms with Crippen LogP contribution < -0.4 is 5.32 Å². The minimum Gasteiger partial charge on any atom is -0.375 e. The molecule has 0 saturated heterocycles. The van der Waals surface area contributed by atoms with Gasteiger partial charge < -0.3 is 10.4 Å². The second-order valence-electron chi connectivity index (χ2n) is 5.63. The Morgan fingerprint density at radius 2 is 1.75 bits per heavy atom. The molecule has 1 aliphatic rings. The quantitative estimate of drug-likeness (QED) is 0.657. The molecule has 24 heavy (non-hydrogen) atoms. The number of hydrogen-bond acceptors (Lipinski definition) is 3. The molecular weight excluding hydrogens is 302 g/mol. The van der Waals surface area contributed by atoms with Crippen LogP contribution in [0.15, 0.2) is 72.8 Å². The number of nitrogens with one attached hydrogen (secondary N) is 1. The molecule has 4 heteroatoms. The first kappa shape index (κ1) is 15.9. The van der Waals surface area contributed by atoms with Crippen molar-refractivity contribution in [3.05, 3.63) is 84.0 Å². The Morgan fingerprint density at radius 1 is 1.04 bits per heavy atom. The van der Waals surface area contributed by atoms with Gasteiger partial charge in [0.05, 0.1) is 6.42 Å². The summed E-state index contributed by atoms with van der Waals surface area (Å²) in [5.74, 6) is -0.882. The highest BCUT2D eigenvalue weighted by Gasteiger charge is 2.46. The van der Waals surface area contributed by atoms with E-state index in [9.17, 15) is 14.7 Å². The van der Waals surface area contributed by atoms with Crippen LogP contribution in [0.5, 0.6) is 0 Å². The minimum atomic E-state index is -1.80. The van der Waals surface area contributed by atoms with Crippen LogP contribution in [-0.2, 0) is 15.2 Å². The lowest BCUT2D eigenvalue weighted by Crippen LogP contribution is -2.36. The minimum absolute atomic E-state index is 0.286. The molecule has 2 aromatic carbocycles. The van der Waals surface area contributed by atoms with E-state index in [2.05, 4.69) is 5.32 Å². The third kappa shape index (κ3) is 3.19. The average molecular weight is 319 g/mol. The zero-order chi connectivity index (χ0) is 17.0. The molecule has 3 rings (SSSR count). The Morgan fingerprint density at radius 3 is 2.54 bits per heavy atom. The van der Waals surface area contributed by atoms with Crippen molar-refractivity contribution in [1.29, 1.82) is 0 Å². The Bertz CT molecular complexity index is 824. The molecule has 2 N–H and O–H groups in total. The number of aliphatic hydroxyl groups is 1. The van der Waals surface area contributed by atoms with Gasteiger partial charge in [-0.05, 0) is 17.7 Å². The summed E-state index contributed by atoms with van der Waals surface area (Å²) in [6, 6.07) is 16.5. The van der Waals surface area contributed by atoms with Gasteiger partial charge in [-0.15, -0.1) is 0 Å². The molecule has 1 heterocycles. The molecule has 1 amide bonds. The largest absolute Gasteiger partial charge is 0.375 e. The standard InChI is InChI=1S/C20H17NO3/c22-16(11-5-4-10-15-8-2-1-3-9-15)14-20(24)17-12-6-7-13-18(17)21-19(20)23/h1-13,24H,14H2,(H,21,23)/b10-4+,11-5+/t20-/m1/s1. The molecule has 120 valence electrons. The number of para-hydroxylation sites is 1. The number of anilines is 1. The molecule has 0 aromatic heterocycles. The highest BCUT2D eigenvalue weighted by Crippen LogP contribution is 2.38. The number of hydrogen-bond donors (Lipinski definition) is 2. The molecule has 1 atom stereocenters. The van der Waals surface area contributed by atoms with Gasteiger partial charge in [0.2, 0.25) is 0 Å². The summed E-state index contributed by atoms with van der Waals surface area (Å²) < 4.78 is 0. The van der Waals surface area contributed by atoms with Gasteiger partial charge in [0.1, 0.15) is 0 Å². The third-order valence-corrected chi connectivity index (χ3v) is 3.91. The zero-order valence-corrected chi connectivity index (χ0v) is 13.0. The van der Waals surface area contributed by atoms with Crippen molar-refractivity contribution in [1.82, 2.24) is 0 Å². The van der Waals surface area contributed by atoms with E-state index in [1.807, 2.05) is 36.4 Å². The summed E-state index contributed by atoms with van der Waals surface area (Å²) in [6.45, 7) is 0. The molecule has 0 spiro atoms. The van der Waals surface area contributed by atoms with Gasteiger partial charge in [0.15, 0.2) is 11.4 Å².